The standard InChI is InChI=1S/C15H21NO3/c1-17-14-7-11(15(10-16)5-2-6-15)3-4-13(14)19-12-8-18-9-12/h3-4,7,12H,2,5-6,8-10,16H2,1H3. The molecule has 0 spiro atoms. The van der Waals surface area contributed by atoms with E-state index < -0.39 is 0 Å². The Kier molecular flexibility index (Phi) is 3.37. The van der Waals surface area contributed by atoms with Gasteiger partial charge in [-0.2, -0.15) is 0 Å². The highest BCUT2D eigenvalue weighted by atomic mass is 16.6. The first kappa shape index (κ1) is 12.8. The third kappa shape index (κ3) is 2.19. The van der Waals surface area contributed by atoms with Gasteiger partial charge in [0.05, 0.1) is 20.3 Å². The van der Waals surface area contributed by atoms with Crippen molar-refractivity contribution in [3.05, 3.63) is 23.8 Å². The second-order valence-electron chi connectivity index (χ2n) is 5.48. The lowest BCUT2D eigenvalue weighted by atomic mass is 9.64. The van der Waals surface area contributed by atoms with Gasteiger partial charge in [-0.3, -0.25) is 0 Å². The molecule has 4 heteroatoms. The van der Waals surface area contributed by atoms with Crippen LogP contribution in [0.4, 0.5) is 0 Å². The topological polar surface area (TPSA) is 53.7 Å². The third-order valence-corrected chi connectivity index (χ3v) is 4.38. The molecule has 0 atom stereocenters. The summed E-state index contributed by atoms with van der Waals surface area (Å²) in [7, 11) is 1.68. The first-order valence-corrected chi connectivity index (χ1v) is 6.90. The SMILES string of the molecule is COc1cc(C2(CN)CCC2)ccc1OC1COC1. The number of rotatable bonds is 5. The Hall–Kier alpha value is -1.26. The van der Waals surface area contributed by atoms with Crippen LogP contribution in [0.25, 0.3) is 0 Å². The zero-order valence-electron chi connectivity index (χ0n) is 11.4. The van der Waals surface area contributed by atoms with Crippen molar-refractivity contribution in [1.82, 2.24) is 0 Å². The number of hydrogen-bond acceptors (Lipinski definition) is 4. The van der Waals surface area contributed by atoms with E-state index in [-0.39, 0.29) is 11.5 Å². The Morgan fingerprint density at radius 2 is 2.11 bits per heavy atom. The van der Waals surface area contributed by atoms with Crippen molar-refractivity contribution in [2.45, 2.75) is 30.8 Å². The number of methoxy groups -OCH3 is 1. The van der Waals surface area contributed by atoms with E-state index in [1.807, 2.05) is 6.07 Å². The molecule has 1 saturated carbocycles. The van der Waals surface area contributed by atoms with Crippen LogP contribution in [-0.4, -0.2) is 33.0 Å². The monoisotopic (exact) mass is 263 g/mol. The summed E-state index contributed by atoms with van der Waals surface area (Å²) in [6.45, 7) is 2.03. The van der Waals surface area contributed by atoms with E-state index in [2.05, 4.69) is 12.1 Å². The molecule has 0 bridgehead atoms. The normalized spacial score (nSPS) is 21.4. The van der Waals surface area contributed by atoms with Gasteiger partial charge < -0.3 is 19.9 Å². The minimum absolute atomic E-state index is 0.158. The van der Waals surface area contributed by atoms with Crippen LogP contribution in [0.5, 0.6) is 11.5 Å². The molecule has 0 unspecified atom stereocenters. The van der Waals surface area contributed by atoms with Gasteiger partial charge in [-0.15, -0.1) is 0 Å². The van der Waals surface area contributed by atoms with Crippen LogP contribution in [-0.2, 0) is 10.2 Å². The van der Waals surface area contributed by atoms with E-state index in [0.29, 0.717) is 19.8 Å². The maximum absolute atomic E-state index is 5.95. The maximum atomic E-state index is 5.95. The summed E-state index contributed by atoms with van der Waals surface area (Å²) in [5.74, 6) is 1.59. The smallest absolute Gasteiger partial charge is 0.161 e. The second-order valence-corrected chi connectivity index (χ2v) is 5.48. The molecule has 4 nitrogen and oxygen atoms in total. The summed E-state index contributed by atoms with van der Waals surface area (Å²) in [4.78, 5) is 0. The van der Waals surface area contributed by atoms with Gasteiger partial charge in [0.1, 0.15) is 6.10 Å². The molecule has 104 valence electrons. The van der Waals surface area contributed by atoms with Crippen molar-refractivity contribution in [2.75, 3.05) is 26.9 Å². The van der Waals surface area contributed by atoms with Crippen molar-refractivity contribution in [1.29, 1.82) is 0 Å². The first-order valence-electron chi connectivity index (χ1n) is 6.90. The lowest BCUT2D eigenvalue weighted by Gasteiger charge is -2.41. The van der Waals surface area contributed by atoms with Crippen LogP contribution < -0.4 is 15.2 Å². The Bertz CT molecular complexity index is 447. The van der Waals surface area contributed by atoms with Crippen molar-refractivity contribution in [2.24, 2.45) is 5.73 Å². The quantitative estimate of drug-likeness (QED) is 0.881. The van der Waals surface area contributed by atoms with Crippen LogP contribution in [0.1, 0.15) is 24.8 Å². The van der Waals surface area contributed by atoms with Crippen LogP contribution in [0.15, 0.2) is 18.2 Å². The van der Waals surface area contributed by atoms with E-state index in [1.54, 1.807) is 7.11 Å². The molecule has 1 aromatic rings. The highest BCUT2D eigenvalue weighted by Gasteiger charge is 2.37. The fourth-order valence-electron chi connectivity index (χ4n) is 2.77. The van der Waals surface area contributed by atoms with Crippen LogP contribution in [0.3, 0.4) is 0 Å². The van der Waals surface area contributed by atoms with Gasteiger partial charge in [0.2, 0.25) is 0 Å². The fourth-order valence-corrected chi connectivity index (χ4v) is 2.77. The summed E-state index contributed by atoms with van der Waals surface area (Å²) < 4.78 is 16.4. The molecule has 1 aliphatic carbocycles. The molecule has 1 heterocycles. The Morgan fingerprint density at radius 1 is 1.32 bits per heavy atom. The number of ether oxygens (including phenoxy) is 3. The van der Waals surface area contributed by atoms with E-state index in [9.17, 15) is 0 Å². The Morgan fingerprint density at radius 3 is 2.58 bits per heavy atom. The first-order chi connectivity index (χ1) is 9.27. The number of nitrogens with two attached hydrogens (primary N) is 1. The van der Waals surface area contributed by atoms with Crippen molar-refractivity contribution in [3.63, 3.8) is 0 Å². The van der Waals surface area contributed by atoms with Gasteiger partial charge in [-0.25, -0.2) is 0 Å². The molecule has 0 amide bonds. The zero-order valence-corrected chi connectivity index (χ0v) is 11.4. The molecule has 1 saturated heterocycles. The lowest BCUT2D eigenvalue weighted by molar-refractivity contribution is -0.0803. The minimum Gasteiger partial charge on any atom is -0.493 e. The van der Waals surface area contributed by atoms with E-state index in [0.717, 1.165) is 11.5 Å². The Balaban J connectivity index is 1.83. The molecule has 2 N–H and O–H groups in total. The maximum Gasteiger partial charge on any atom is 0.161 e. The largest absolute Gasteiger partial charge is 0.493 e. The molecule has 19 heavy (non-hydrogen) atoms. The van der Waals surface area contributed by atoms with Crippen molar-refractivity contribution in [3.8, 4) is 11.5 Å². The van der Waals surface area contributed by atoms with Gasteiger partial charge in [0, 0.05) is 12.0 Å². The summed E-state index contributed by atoms with van der Waals surface area (Å²) in [5.41, 5.74) is 7.38. The predicted molar refractivity (Wildman–Crippen MR) is 72.8 cm³/mol. The molecule has 2 fully saturated rings. The third-order valence-electron chi connectivity index (χ3n) is 4.38. The Labute approximate surface area is 113 Å². The molecule has 1 aromatic carbocycles. The molecule has 1 aliphatic heterocycles. The summed E-state index contributed by atoms with van der Waals surface area (Å²) in [6, 6.07) is 6.21. The average molecular weight is 263 g/mol. The van der Waals surface area contributed by atoms with Gasteiger partial charge in [0.25, 0.3) is 0 Å². The zero-order chi connectivity index (χ0) is 13.3. The number of benzene rings is 1. The molecular weight excluding hydrogens is 242 g/mol. The molecule has 0 aromatic heterocycles. The van der Waals surface area contributed by atoms with Gasteiger partial charge in [-0.05, 0) is 30.5 Å². The van der Waals surface area contributed by atoms with Crippen molar-refractivity contribution < 1.29 is 14.2 Å². The molecular formula is C15H21NO3. The minimum atomic E-state index is 0.158. The average Bonchev–Trinajstić information content (AvgIpc) is 2.34. The second kappa shape index (κ2) is 5.02. The fraction of sp³-hybridized carbons (Fsp3) is 0.600. The van der Waals surface area contributed by atoms with E-state index >= 15 is 0 Å². The van der Waals surface area contributed by atoms with Gasteiger partial charge >= 0.3 is 0 Å². The molecule has 3 rings (SSSR count). The van der Waals surface area contributed by atoms with Crippen LogP contribution in [0, 0.1) is 0 Å². The van der Waals surface area contributed by atoms with Gasteiger partial charge in [-0.1, -0.05) is 12.5 Å². The highest BCUT2D eigenvalue weighted by molar-refractivity contribution is 5.46. The van der Waals surface area contributed by atoms with E-state index in [1.165, 1.54) is 24.8 Å². The van der Waals surface area contributed by atoms with Crippen LogP contribution >= 0.6 is 0 Å². The predicted octanol–water partition coefficient (Wildman–Crippen LogP) is 1.85. The number of hydrogen-bond donors (Lipinski definition) is 1. The van der Waals surface area contributed by atoms with E-state index in [4.69, 9.17) is 19.9 Å². The summed E-state index contributed by atoms with van der Waals surface area (Å²) >= 11 is 0. The van der Waals surface area contributed by atoms with Gasteiger partial charge in [0.15, 0.2) is 11.5 Å². The van der Waals surface area contributed by atoms with Crippen LogP contribution in [0.2, 0.25) is 0 Å². The molecule has 2 aliphatic rings. The lowest BCUT2D eigenvalue weighted by Crippen LogP contribution is -2.41. The highest BCUT2D eigenvalue weighted by Crippen LogP contribution is 2.45. The summed E-state index contributed by atoms with van der Waals surface area (Å²) in [5, 5.41) is 0. The van der Waals surface area contributed by atoms with Crippen molar-refractivity contribution >= 4 is 0 Å². The molecule has 0 radical (unpaired) electrons. The summed E-state index contributed by atoms with van der Waals surface area (Å²) in [6.07, 6.45) is 3.76.